The molecule has 1 aliphatic carbocycles. The lowest BCUT2D eigenvalue weighted by molar-refractivity contribution is -0.113. The Kier molecular flexibility index (Phi) is 5.61. The molecule has 0 aliphatic heterocycles. The van der Waals surface area contributed by atoms with Crippen LogP contribution < -0.4 is 15.6 Å². The van der Waals surface area contributed by atoms with E-state index in [1.165, 1.54) is 11.8 Å². The summed E-state index contributed by atoms with van der Waals surface area (Å²) in [4.78, 5) is 30.8. The number of nitrogens with one attached hydrogen (secondary N) is 1. The summed E-state index contributed by atoms with van der Waals surface area (Å²) in [7, 11) is 1.60. The molecule has 1 saturated carbocycles. The van der Waals surface area contributed by atoms with Crippen LogP contribution in [0.4, 0.5) is 5.69 Å². The molecule has 164 valence electrons. The van der Waals surface area contributed by atoms with Gasteiger partial charge >= 0.3 is 0 Å². The molecule has 2 aromatic carbocycles. The number of amides is 1. The van der Waals surface area contributed by atoms with Crippen molar-refractivity contribution in [1.29, 1.82) is 0 Å². The quantitative estimate of drug-likeness (QED) is 0.329. The number of methoxy groups -OCH3 is 1. The topological polar surface area (TPSA) is 86.4 Å². The number of carbonyl (C=O) groups excluding carboxylic acids is 1. The molecular weight excluding hydrogens is 426 g/mol. The van der Waals surface area contributed by atoms with Gasteiger partial charge < -0.3 is 14.5 Å². The predicted molar refractivity (Wildman–Crippen MR) is 126 cm³/mol. The number of rotatable bonds is 6. The number of ether oxygens (including phenoxy) is 1. The molecule has 0 saturated heterocycles. The van der Waals surface area contributed by atoms with Gasteiger partial charge in [-0.25, -0.2) is 4.98 Å². The van der Waals surface area contributed by atoms with Crippen LogP contribution in [0.25, 0.3) is 22.1 Å². The monoisotopic (exact) mass is 449 g/mol. The molecular formula is C24H23N3O4S. The zero-order valence-corrected chi connectivity index (χ0v) is 18.5. The highest BCUT2D eigenvalue weighted by Crippen LogP contribution is 2.34. The highest BCUT2D eigenvalue weighted by molar-refractivity contribution is 7.99. The SMILES string of the molecule is COc1ccc(NC(=O)CSc2nc3c(oc4ccccc43)c(=O)n2C2CCCC2)cc1. The molecule has 2 aromatic heterocycles. The van der Waals surface area contributed by atoms with Crippen molar-refractivity contribution in [2.24, 2.45) is 0 Å². The van der Waals surface area contributed by atoms with Gasteiger partial charge in [0, 0.05) is 17.1 Å². The maximum absolute atomic E-state index is 13.4. The van der Waals surface area contributed by atoms with Crippen molar-refractivity contribution >= 4 is 45.4 Å². The molecule has 0 radical (unpaired) electrons. The highest BCUT2D eigenvalue weighted by Gasteiger charge is 2.25. The van der Waals surface area contributed by atoms with E-state index in [0.717, 1.165) is 36.8 Å². The van der Waals surface area contributed by atoms with E-state index in [-0.39, 0.29) is 28.8 Å². The van der Waals surface area contributed by atoms with Crippen LogP contribution >= 0.6 is 11.8 Å². The number of aromatic nitrogens is 2. The van der Waals surface area contributed by atoms with E-state index < -0.39 is 0 Å². The second kappa shape index (κ2) is 8.70. The van der Waals surface area contributed by atoms with E-state index in [1.54, 1.807) is 35.9 Å². The summed E-state index contributed by atoms with van der Waals surface area (Å²) in [6.07, 6.45) is 4.02. The normalized spacial score (nSPS) is 14.3. The van der Waals surface area contributed by atoms with Crippen LogP contribution in [-0.4, -0.2) is 28.3 Å². The van der Waals surface area contributed by atoms with Gasteiger partial charge in [-0.05, 0) is 49.2 Å². The van der Waals surface area contributed by atoms with Crippen LogP contribution in [0, 0.1) is 0 Å². The number of nitrogens with zero attached hydrogens (tertiary/aromatic N) is 2. The number of fused-ring (bicyclic) bond motifs is 3. The molecule has 1 N–H and O–H groups in total. The Bertz CT molecular complexity index is 1340. The molecule has 1 fully saturated rings. The third kappa shape index (κ3) is 3.86. The van der Waals surface area contributed by atoms with Gasteiger partial charge in [0.1, 0.15) is 16.8 Å². The zero-order chi connectivity index (χ0) is 22.1. The van der Waals surface area contributed by atoms with E-state index in [9.17, 15) is 9.59 Å². The molecule has 4 aromatic rings. The summed E-state index contributed by atoms with van der Waals surface area (Å²) in [6, 6.07) is 14.8. The molecule has 2 heterocycles. The van der Waals surface area contributed by atoms with Crippen molar-refractivity contribution in [3.8, 4) is 5.75 Å². The molecule has 5 rings (SSSR count). The summed E-state index contributed by atoms with van der Waals surface area (Å²) < 4.78 is 12.8. The number of anilines is 1. The molecule has 1 amide bonds. The lowest BCUT2D eigenvalue weighted by Gasteiger charge is -2.17. The fourth-order valence-corrected chi connectivity index (χ4v) is 5.08. The number of hydrogen-bond acceptors (Lipinski definition) is 6. The van der Waals surface area contributed by atoms with Crippen molar-refractivity contribution in [3.05, 3.63) is 58.9 Å². The Morgan fingerprint density at radius 2 is 1.94 bits per heavy atom. The predicted octanol–water partition coefficient (Wildman–Crippen LogP) is 5.00. The minimum absolute atomic E-state index is 0.0831. The average molecular weight is 450 g/mol. The van der Waals surface area contributed by atoms with Crippen molar-refractivity contribution in [2.45, 2.75) is 36.9 Å². The van der Waals surface area contributed by atoms with Gasteiger partial charge in [0.25, 0.3) is 5.56 Å². The Morgan fingerprint density at radius 1 is 1.19 bits per heavy atom. The number of furan rings is 1. The number of hydrogen-bond donors (Lipinski definition) is 1. The molecule has 0 bridgehead atoms. The van der Waals surface area contributed by atoms with Crippen molar-refractivity contribution in [2.75, 3.05) is 18.2 Å². The summed E-state index contributed by atoms with van der Waals surface area (Å²) in [5, 5.41) is 4.25. The van der Waals surface area contributed by atoms with Crippen LogP contribution in [0.1, 0.15) is 31.7 Å². The fourth-order valence-electron chi connectivity index (χ4n) is 4.22. The number of benzene rings is 2. The lowest BCUT2D eigenvalue weighted by Crippen LogP contribution is -2.26. The zero-order valence-electron chi connectivity index (χ0n) is 17.7. The van der Waals surface area contributed by atoms with Crippen LogP contribution in [0.5, 0.6) is 5.75 Å². The van der Waals surface area contributed by atoms with Crippen molar-refractivity contribution < 1.29 is 13.9 Å². The third-order valence-corrected chi connectivity index (χ3v) is 6.74. The third-order valence-electron chi connectivity index (χ3n) is 5.79. The van der Waals surface area contributed by atoms with E-state index in [1.807, 2.05) is 24.3 Å². The van der Waals surface area contributed by atoms with E-state index in [4.69, 9.17) is 14.1 Å². The Balaban J connectivity index is 1.46. The van der Waals surface area contributed by atoms with Crippen LogP contribution in [0.2, 0.25) is 0 Å². The van der Waals surface area contributed by atoms with Gasteiger partial charge in [-0.15, -0.1) is 0 Å². The smallest absolute Gasteiger partial charge is 0.298 e. The van der Waals surface area contributed by atoms with Crippen LogP contribution in [0.3, 0.4) is 0 Å². The van der Waals surface area contributed by atoms with Crippen molar-refractivity contribution in [3.63, 3.8) is 0 Å². The molecule has 1 aliphatic rings. The minimum Gasteiger partial charge on any atom is -0.497 e. The van der Waals surface area contributed by atoms with E-state index in [2.05, 4.69) is 5.32 Å². The van der Waals surface area contributed by atoms with Gasteiger partial charge in [-0.2, -0.15) is 0 Å². The summed E-state index contributed by atoms with van der Waals surface area (Å²) in [5.41, 5.74) is 2.00. The maximum atomic E-state index is 13.4. The Morgan fingerprint density at radius 3 is 2.69 bits per heavy atom. The first-order valence-electron chi connectivity index (χ1n) is 10.6. The van der Waals surface area contributed by atoms with E-state index in [0.29, 0.717) is 21.9 Å². The maximum Gasteiger partial charge on any atom is 0.298 e. The average Bonchev–Trinajstić information content (AvgIpc) is 3.47. The minimum atomic E-state index is -0.170. The van der Waals surface area contributed by atoms with Gasteiger partial charge in [0.2, 0.25) is 11.5 Å². The molecule has 0 spiro atoms. The van der Waals surface area contributed by atoms with Gasteiger partial charge in [0.15, 0.2) is 5.16 Å². The van der Waals surface area contributed by atoms with Gasteiger partial charge in [-0.3, -0.25) is 14.2 Å². The largest absolute Gasteiger partial charge is 0.497 e. The number of para-hydroxylation sites is 1. The molecule has 0 unspecified atom stereocenters. The highest BCUT2D eigenvalue weighted by atomic mass is 32.2. The number of thioether (sulfide) groups is 1. The lowest BCUT2D eigenvalue weighted by atomic mass is 10.2. The fraction of sp³-hybridized carbons (Fsp3) is 0.292. The van der Waals surface area contributed by atoms with Crippen molar-refractivity contribution in [1.82, 2.24) is 9.55 Å². The van der Waals surface area contributed by atoms with Crippen LogP contribution in [-0.2, 0) is 4.79 Å². The second-order valence-corrected chi connectivity index (χ2v) is 8.79. The second-order valence-electron chi connectivity index (χ2n) is 7.85. The molecule has 0 atom stereocenters. The standard InChI is InChI=1S/C24H23N3O4S/c1-30-17-12-10-15(11-13-17)25-20(28)14-32-24-26-21-18-8-4-5-9-19(18)31-22(21)23(29)27(24)16-6-2-3-7-16/h4-5,8-13,16H,2-3,6-7,14H2,1H3,(H,25,28). The molecule has 7 nitrogen and oxygen atoms in total. The molecule has 32 heavy (non-hydrogen) atoms. The summed E-state index contributed by atoms with van der Waals surface area (Å²) in [5.74, 6) is 0.708. The summed E-state index contributed by atoms with van der Waals surface area (Å²) >= 11 is 1.28. The Labute approximate surface area is 188 Å². The first-order chi connectivity index (χ1) is 15.6. The van der Waals surface area contributed by atoms with Crippen LogP contribution in [0.15, 0.2) is 62.9 Å². The number of carbonyl (C=O) groups is 1. The van der Waals surface area contributed by atoms with E-state index >= 15 is 0 Å². The van der Waals surface area contributed by atoms with Gasteiger partial charge in [0.05, 0.1) is 12.9 Å². The molecule has 8 heteroatoms. The first kappa shape index (κ1) is 20.6. The summed E-state index contributed by atoms with van der Waals surface area (Å²) in [6.45, 7) is 0. The van der Waals surface area contributed by atoms with Gasteiger partial charge in [-0.1, -0.05) is 36.7 Å². The Hall–Kier alpha value is -3.26. The first-order valence-corrected chi connectivity index (χ1v) is 11.6.